The van der Waals surface area contributed by atoms with Crippen LogP contribution < -0.4 is 4.74 Å². The standard InChI is InChI=1S/C10H9F3O2/c1-14-6-2-3-7(9-5-15-9)8(4-6)10(11,12)13/h2-4,9H,5H2,1H3. The van der Waals surface area contributed by atoms with Gasteiger partial charge in [0.2, 0.25) is 0 Å². The Labute approximate surface area is 84.6 Å². The third kappa shape index (κ3) is 2.07. The molecule has 5 heteroatoms. The molecule has 15 heavy (non-hydrogen) atoms. The number of hydrogen-bond donors (Lipinski definition) is 0. The first-order valence-electron chi connectivity index (χ1n) is 4.39. The summed E-state index contributed by atoms with van der Waals surface area (Å²) >= 11 is 0. The van der Waals surface area contributed by atoms with Crippen LogP contribution >= 0.6 is 0 Å². The maximum Gasteiger partial charge on any atom is 0.416 e. The second-order valence-corrected chi connectivity index (χ2v) is 3.27. The lowest BCUT2D eigenvalue weighted by Gasteiger charge is -2.12. The number of hydrogen-bond acceptors (Lipinski definition) is 2. The Bertz CT molecular complexity index is 369. The fourth-order valence-corrected chi connectivity index (χ4v) is 1.42. The molecule has 1 aliphatic rings. The van der Waals surface area contributed by atoms with Gasteiger partial charge in [-0.2, -0.15) is 13.2 Å². The van der Waals surface area contributed by atoms with Gasteiger partial charge < -0.3 is 9.47 Å². The minimum Gasteiger partial charge on any atom is -0.497 e. The number of ether oxygens (including phenoxy) is 2. The third-order valence-electron chi connectivity index (χ3n) is 2.25. The van der Waals surface area contributed by atoms with Crippen molar-refractivity contribution in [1.82, 2.24) is 0 Å². The molecule has 1 saturated heterocycles. The Balaban J connectivity index is 2.45. The van der Waals surface area contributed by atoms with Crippen LogP contribution in [0.1, 0.15) is 17.2 Å². The summed E-state index contributed by atoms with van der Waals surface area (Å²) in [6.45, 7) is 0.357. The summed E-state index contributed by atoms with van der Waals surface area (Å²) < 4.78 is 47.6. The molecule has 0 bridgehead atoms. The van der Waals surface area contributed by atoms with Gasteiger partial charge in [0.05, 0.1) is 19.3 Å². The highest BCUT2D eigenvalue weighted by Crippen LogP contribution is 2.41. The van der Waals surface area contributed by atoms with E-state index < -0.39 is 17.8 Å². The maximum absolute atomic E-state index is 12.6. The van der Waals surface area contributed by atoms with Gasteiger partial charge >= 0.3 is 6.18 Å². The Morgan fingerprint density at radius 3 is 2.53 bits per heavy atom. The van der Waals surface area contributed by atoms with Crippen molar-refractivity contribution in [3.63, 3.8) is 0 Å². The van der Waals surface area contributed by atoms with E-state index in [-0.39, 0.29) is 11.3 Å². The van der Waals surface area contributed by atoms with Crippen molar-refractivity contribution in [2.45, 2.75) is 12.3 Å². The molecule has 2 nitrogen and oxygen atoms in total. The zero-order chi connectivity index (χ0) is 11.1. The average Bonchev–Trinajstić information content (AvgIpc) is 2.99. The lowest BCUT2D eigenvalue weighted by molar-refractivity contribution is -0.138. The first-order chi connectivity index (χ1) is 7.02. The molecule has 82 valence electrons. The van der Waals surface area contributed by atoms with Crippen LogP contribution in [0.3, 0.4) is 0 Å². The van der Waals surface area contributed by atoms with Gasteiger partial charge in [0.15, 0.2) is 0 Å². The minimum atomic E-state index is -4.37. The highest BCUT2D eigenvalue weighted by atomic mass is 19.4. The molecule has 0 amide bonds. The van der Waals surface area contributed by atoms with Crippen LogP contribution in [0.15, 0.2) is 18.2 Å². The summed E-state index contributed by atoms with van der Waals surface area (Å²) in [6.07, 6.45) is -4.77. The molecule has 1 aliphatic heterocycles. The van der Waals surface area contributed by atoms with Crippen molar-refractivity contribution in [2.24, 2.45) is 0 Å². The minimum absolute atomic E-state index is 0.184. The normalized spacial score (nSPS) is 20.1. The molecule has 0 aliphatic carbocycles. The predicted octanol–water partition coefficient (Wildman–Crippen LogP) is 2.79. The first kappa shape index (κ1) is 10.3. The van der Waals surface area contributed by atoms with Crippen LogP contribution in [0.2, 0.25) is 0 Å². The topological polar surface area (TPSA) is 21.8 Å². The Hall–Kier alpha value is -1.23. The third-order valence-corrected chi connectivity index (χ3v) is 2.25. The van der Waals surface area contributed by atoms with Gasteiger partial charge in [0.1, 0.15) is 11.9 Å². The zero-order valence-corrected chi connectivity index (χ0v) is 7.97. The van der Waals surface area contributed by atoms with E-state index in [0.717, 1.165) is 6.07 Å². The Kier molecular flexibility index (Phi) is 2.34. The molecule has 2 rings (SSSR count). The van der Waals surface area contributed by atoms with Crippen LogP contribution in [0.25, 0.3) is 0 Å². The van der Waals surface area contributed by atoms with Crippen molar-refractivity contribution in [1.29, 1.82) is 0 Å². The Morgan fingerprint density at radius 2 is 2.07 bits per heavy atom. The quantitative estimate of drug-likeness (QED) is 0.712. The van der Waals surface area contributed by atoms with Gasteiger partial charge in [-0.05, 0) is 17.7 Å². The lowest BCUT2D eigenvalue weighted by Crippen LogP contribution is -2.09. The van der Waals surface area contributed by atoms with Crippen LogP contribution in [0, 0.1) is 0 Å². The molecule has 0 N–H and O–H groups in total. The van der Waals surface area contributed by atoms with Crippen molar-refractivity contribution >= 4 is 0 Å². The van der Waals surface area contributed by atoms with Gasteiger partial charge in [-0.15, -0.1) is 0 Å². The first-order valence-corrected chi connectivity index (χ1v) is 4.39. The summed E-state index contributed by atoms with van der Waals surface area (Å²) in [5.41, 5.74) is -0.493. The fraction of sp³-hybridized carbons (Fsp3) is 0.400. The van der Waals surface area contributed by atoms with Crippen LogP contribution in [0.5, 0.6) is 5.75 Å². The van der Waals surface area contributed by atoms with Crippen molar-refractivity contribution < 1.29 is 22.6 Å². The van der Waals surface area contributed by atoms with E-state index in [9.17, 15) is 13.2 Å². The molecule has 1 atom stereocenters. The number of epoxide rings is 1. The van der Waals surface area contributed by atoms with Gasteiger partial charge in [0.25, 0.3) is 0 Å². The van der Waals surface area contributed by atoms with E-state index in [1.807, 2.05) is 0 Å². The second kappa shape index (κ2) is 3.41. The summed E-state index contributed by atoms with van der Waals surface area (Å²) in [5, 5.41) is 0. The van der Waals surface area contributed by atoms with E-state index >= 15 is 0 Å². The van der Waals surface area contributed by atoms with Gasteiger partial charge in [0, 0.05) is 0 Å². The van der Waals surface area contributed by atoms with Crippen molar-refractivity contribution in [3.05, 3.63) is 29.3 Å². The van der Waals surface area contributed by atoms with Crippen molar-refractivity contribution in [2.75, 3.05) is 13.7 Å². The summed E-state index contributed by atoms with van der Waals surface area (Å²) in [4.78, 5) is 0. The summed E-state index contributed by atoms with van der Waals surface area (Å²) in [5.74, 6) is 0.201. The molecule has 1 aromatic carbocycles. The molecule has 0 spiro atoms. The molecule has 1 unspecified atom stereocenters. The maximum atomic E-state index is 12.6. The molecular formula is C10H9F3O2. The lowest BCUT2D eigenvalue weighted by atomic mass is 10.0. The van der Waals surface area contributed by atoms with Gasteiger partial charge in [-0.3, -0.25) is 0 Å². The zero-order valence-electron chi connectivity index (χ0n) is 7.97. The predicted molar refractivity (Wildman–Crippen MR) is 46.7 cm³/mol. The smallest absolute Gasteiger partial charge is 0.416 e. The molecule has 0 saturated carbocycles. The summed E-state index contributed by atoms with van der Waals surface area (Å²) in [6, 6.07) is 3.91. The average molecular weight is 218 g/mol. The fourth-order valence-electron chi connectivity index (χ4n) is 1.42. The highest BCUT2D eigenvalue weighted by molar-refractivity contribution is 5.39. The van der Waals surface area contributed by atoms with E-state index in [4.69, 9.17) is 9.47 Å². The number of benzene rings is 1. The molecule has 1 heterocycles. The van der Waals surface area contributed by atoms with E-state index in [1.165, 1.54) is 19.2 Å². The van der Waals surface area contributed by atoms with E-state index in [1.54, 1.807) is 0 Å². The van der Waals surface area contributed by atoms with E-state index in [2.05, 4.69) is 0 Å². The SMILES string of the molecule is COc1ccc(C2CO2)c(C(F)(F)F)c1. The van der Waals surface area contributed by atoms with Gasteiger partial charge in [-0.25, -0.2) is 0 Å². The number of rotatable bonds is 2. The number of halogens is 3. The van der Waals surface area contributed by atoms with Crippen LogP contribution in [-0.4, -0.2) is 13.7 Å². The van der Waals surface area contributed by atoms with E-state index in [0.29, 0.717) is 6.61 Å². The number of alkyl halides is 3. The highest BCUT2D eigenvalue weighted by Gasteiger charge is 2.39. The largest absolute Gasteiger partial charge is 0.497 e. The summed E-state index contributed by atoms with van der Waals surface area (Å²) in [7, 11) is 1.34. The second-order valence-electron chi connectivity index (χ2n) is 3.27. The molecular weight excluding hydrogens is 209 g/mol. The van der Waals surface area contributed by atoms with Crippen LogP contribution in [0.4, 0.5) is 13.2 Å². The monoisotopic (exact) mass is 218 g/mol. The number of methoxy groups -OCH3 is 1. The molecule has 1 aromatic rings. The Morgan fingerprint density at radius 1 is 1.40 bits per heavy atom. The molecule has 0 radical (unpaired) electrons. The van der Waals surface area contributed by atoms with Crippen LogP contribution in [-0.2, 0) is 10.9 Å². The van der Waals surface area contributed by atoms with Gasteiger partial charge in [-0.1, -0.05) is 6.07 Å². The molecule has 0 aromatic heterocycles. The molecule has 1 fully saturated rings. The van der Waals surface area contributed by atoms with Crippen molar-refractivity contribution in [3.8, 4) is 5.75 Å².